The highest BCUT2D eigenvalue weighted by atomic mass is 32.2. The van der Waals surface area contributed by atoms with Gasteiger partial charge in [0.1, 0.15) is 0 Å². The second kappa shape index (κ2) is 4.67. The predicted octanol–water partition coefficient (Wildman–Crippen LogP) is 1.67. The third kappa shape index (κ3) is 2.61. The van der Waals surface area contributed by atoms with Crippen molar-refractivity contribution in [2.24, 2.45) is 5.92 Å². The predicted molar refractivity (Wildman–Crippen MR) is 55.0 cm³/mol. The molecule has 2 nitrogen and oxygen atoms in total. The Morgan fingerprint density at radius 2 is 2.00 bits per heavy atom. The van der Waals surface area contributed by atoms with Gasteiger partial charge in [0, 0.05) is 0 Å². The molecule has 2 rings (SSSR count). The fraction of sp³-hybridized carbons (Fsp3) is 1.00. The summed E-state index contributed by atoms with van der Waals surface area (Å²) in [6.07, 6.45) is 4.74. The molecule has 1 saturated heterocycles. The Hall–Kier alpha value is 0.270. The van der Waals surface area contributed by atoms with Gasteiger partial charge in [-0.25, -0.2) is 0 Å². The Bertz CT molecular complexity index is 159. The molecular weight excluding hydrogens is 184 g/mol. The zero-order valence-electron chi connectivity index (χ0n) is 7.95. The van der Waals surface area contributed by atoms with E-state index in [1.807, 2.05) is 11.8 Å². The zero-order valence-corrected chi connectivity index (χ0v) is 8.76. The third-order valence-electron chi connectivity index (χ3n) is 3.02. The summed E-state index contributed by atoms with van der Waals surface area (Å²) in [4.78, 5) is 0. The topological polar surface area (TPSA) is 29.5 Å². The maximum atomic E-state index is 9.73. The second-order valence-electron chi connectivity index (χ2n) is 4.10. The van der Waals surface area contributed by atoms with E-state index in [1.165, 1.54) is 19.3 Å². The lowest BCUT2D eigenvalue weighted by Gasteiger charge is -2.31. The molecule has 1 saturated carbocycles. The molecule has 0 amide bonds. The molecule has 76 valence electrons. The van der Waals surface area contributed by atoms with Crippen molar-refractivity contribution in [2.45, 2.75) is 37.0 Å². The van der Waals surface area contributed by atoms with Crippen LogP contribution in [0.1, 0.15) is 25.7 Å². The molecular formula is C10H18O2S. The minimum absolute atomic E-state index is 0.0257. The molecule has 0 radical (unpaired) electrons. The van der Waals surface area contributed by atoms with E-state index < -0.39 is 0 Å². The van der Waals surface area contributed by atoms with Gasteiger partial charge >= 0.3 is 0 Å². The Morgan fingerprint density at radius 3 is 2.62 bits per heavy atom. The molecule has 0 spiro atoms. The summed E-state index contributed by atoms with van der Waals surface area (Å²) in [5.74, 6) is 1.69. The van der Waals surface area contributed by atoms with Crippen molar-refractivity contribution in [3.63, 3.8) is 0 Å². The number of thioether (sulfide) groups is 1. The number of aliphatic hydroxyl groups excluding tert-OH is 1. The molecule has 0 aromatic rings. The van der Waals surface area contributed by atoms with Gasteiger partial charge in [-0.2, -0.15) is 11.8 Å². The molecule has 2 unspecified atom stereocenters. The van der Waals surface area contributed by atoms with Crippen LogP contribution in [0.3, 0.4) is 0 Å². The lowest BCUT2D eigenvalue weighted by Crippen LogP contribution is -2.33. The number of rotatable bonds is 3. The van der Waals surface area contributed by atoms with Crippen LogP contribution in [0.4, 0.5) is 0 Å². The quantitative estimate of drug-likeness (QED) is 0.755. The molecule has 1 aliphatic carbocycles. The molecule has 1 heterocycles. The molecule has 1 aliphatic heterocycles. The van der Waals surface area contributed by atoms with Crippen LogP contribution in [0, 0.1) is 5.92 Å². The highest BCUT2D eigenvalue weighted by Crippen LogP contribution is 2.30. The van der Waals surface area contributed by atoms with E-state index in [0.29, 0.717) is 11.2 Å². The minimum atomic E-state index is -0.0257. The van der Waals surface area contributed by atoms with Crippen LogP contribution in [-0.4, -0.2) is 35.4 Å². The van der Waals surface area contributed by atoms with Crippen molar-refractivity contribution in [2.75, 3.05) is 19.0 Å². The van der Waals surface area contributed by atoms with Crippen LogP contribution in [0.25, 0.3) is 0 Å². The van der Waals surface area contributed by atoms with Crippen molar-refractivity contribution in [1.82, 2.24) is 0 Å². The van der Waals surface area contributed by atoms with E-state index in [-0.39, 0.29) is 6.10 Å². The van der Waals surface area contributed by atoms with E-state index in [2.05, 4.69) is 0 Å². The SMILES string of the molecule is OC1CCCCC1CSC1COC1. The molecule has 0 bridgehead atoms. The summed E-state index contributed by atoms with van der Waals surface area (Å²) in [5.41, 5.74) is 0. The van der Waals surface area contributed by atoms with Gasteiger partial charge in [-0.05, 0) is 24.5 Å². The highest BCUT2D eigenvalue weighted by molar-refractivity contribution is 8.00. The third-order valence-corrected chi connectivity index (χ3v) is 4.39. The summed E-state index contributed by atoms with van der Waals surface area (Å²) in [6, 6.07) is 0. The summed E-state index contributed by atoms with van der Waals surface area (Å²) >= 11 is 1.99. The van der Waals surface area contributed by atoms with Crippen LogP contribution >= 0.6 is 11.8 Å². The standard InChI is InChI=1S/C10H18O2S/c11-10-4-2-1-3-8(10)7-13-9-5-12-6-9/h8-11H,1-7H2. The minimum Gasteiger partial charge on any atom is -0.393 e. The molecule has 13 heavy (non-hydrogen) atoms. The molecule has 1 N–H and O–H groups in total. The normalized spacial score (nSPS) is 35.8. The van der Waals surface area contributed by atoms with Gasteiger partial charge in [-0.15, -0.1) is 0 Å². The van der Waals surface area contributed by atoms with Crippen molar-refractivity contribution in [1.29, 1.82) is 0 Å². The fourth-order valence-electron chi connectivity index (χ4n) is 1.95. The van der Waals surface area contributed by atoms with Crippen LogP contribution in [0.15, 0.2) is 0 Å². The average Bonchev–Trinajstić information content (AvgIpc) is 2.05. The molecule has 2 aliphatic rings. The van der Waals surface area contributed by atoms with Crippen molar-refractivity contribution in [3.05, 3.63) is 0 Å². The van der Waals surface area contributed by atoms with E-state index in [0.717, 1.165) is 25.4 Å². The van der Waals surface area contributed by atoms with Crippen LogP contribution in [-0.2, 0) is 4.74 Å². The van der Waals surface area contributed by atoms with E-state index >= 15 is 0 Å². The van der Waals surface area contributed by atoms with Gasteiger partial charge < -0.3 is 9.84 Å². The highest BCUT2D eigenvalue weighted by Gasteiger charge is 2.26. The van der Waals surface area contributed by atoms with Crippen LogP contribution in [0.2, 0.25) is 0 Å². The van der Waals surface area contributed by atoms with E-state index in [4.69, 9.17) is 4.74 Å². The second-order valence-corrected chi connectivity index (χ2v) is 5.44. The smallest absolute Gasteiger partial charge is 0.0607 e. The van der Waals surface area contributed by atoms with Gasteiger partial charge in [-0.3, -0.25) is 0 Å². The summed E-state index contributed by atoms with van der Waals surface area (Å²) in [6.45, 7) is 1.85. The maximum Gasteiger partial charge on any atom is 0.0607 e. The van der Waals surface area contributed by atoms with Gasteiger partial charge in [0.05, 0.1) is 24.6 Å². The Balaban J connectivity index is 1.66. The first-order chi connectivity index (χ1) is 6.36. The lowest BCUT2D eigenvalue weighted by molar-refractivity contribution is 0.0446. The van der Waals surface area contributed by atoms with Gasteiger partial charge in [-0.1, -0.05) is 12.8 Å². The number of hydrogen-bond donors (Lipinski definition) is 1. The van der Waals surface area contributed by atoms with Crippen molar-refractivity contribution >= 4 is 11.8 Å². The van der Waals surface area contributed by atoms with E-state index in [9.17, 15) is 5.11 Å². The Kier molecular flexibility index (Phi) is 3.52. The van der Waals surface area contributed by atoms with Gasteiger partial charge in [0.2, 0.25) is 0 Å². The summed E-state index contributed by atoms with van der Waals surface area (Å²) in [5, 5.41) is 10.4. The first-order valence-electron chi connectivity index (χ1n) is 5.23. The van der Waals surface area contributed by atoms with Gasteiger partial charge in [0.25, 0.3) is 0 Å². The monoisotopic (exact) mass is 202 g/mol. The Morgan fingerprint density at radius 1 is 1.23 bits per heavy atom. The number of ether oxygens (including phenoxy) is 1. The van der Waals surface area contributed by atoms with Crippen LogP contribution in [0.5, 0.6) is 0 Å². The summed E-state index contributed by atoms with van der Waals surface area (Å²) in [7, 11) is 0. The molecule has 2 atom stereocenters. The molecule has 0 aromatic carbocycles. The number of aliphatic hydroxyl groups is 1. The lowest BCUT2D eigenvalue weighted by atomic mass is 9.88. The fourth-order valence-corrected chi connectivity index (χ4v) is 3.25. The molecule has 2 fully saturated rings. The first-order valence-corrected chi connectivity index (χ1v) is 6.28. The average molecular weight is 202 g/mol. The number of hydrogen-bond acceptors (Lipinski definition) is 3. The Labute approximate surface area is 84.0 Å². The van der Waals surface area contributed by atoms with E-state index in [1.54, 1.807) is 0 Å². The largest absolute Gasteiger partial charge is 0.393 e. The summed E-state index contributed by atoms with van der Waals surface area (Å²) < 4.78 is 5.12. The van der Waals surface area contributed by atoms with Gasteiger partial charge in [0.15, 0.2) is 0 Å². The maximum absolute atomic E-state index is 9.73. The van der Waals surface area contributed by atoms with Crippen LogP contribution < -0.4 is 0 Å². The zero-order chi connectivity index (χ0) is 9.10. The van der Waals surface area contributed by atoms with Crippen molar-refractivity contribution in [3.8, 4) is 0 Å². The molecule has 0 aromatic heterocycles. The molecule has 3 heteroatoms. The van der Waals surface area contributed by atoms with Crippen molar-refractivity contribution < 1.29 is 9.84 Å². The first kappa shape index (κ1) is 9.81.